The smallest absolute Gasteiger partial charge is 0.257 e. The number of pyridine rings is 1. The fourth-order valence-electron chi connectivity index (χ4n) is 5.30. The number of aromatic nitrogens is 2. The van der Waals surface area contributed by atoms with E-state index in [2.05, 4.69) is 17.2 Å². The number of sulfonamides is 1. The Morgan fingerprint density at radius 3 is 2.29 bits per heavy atom. The molecule has 1 amide bonds. The first-order chi connectivity index (χ1) is 16.4. The molecule has 2 fully saturated rings. The van der Waals surface area contributed by atoms with Crippen LogP contribution in [0.15, 0.2) is 53.6 Å². The van der Waals surface area contributed by atoms with E-state index in [0.717, 1.165) is 55.5 Å². The zero-order chi connectivity index (χ0) is 23.7. The van der Waals surface area contributed by atoms with Gasteiger partial charge < -0.3 is 4.90 Å². The van der Waals surface area contributed by atoms with Crippen molar-refractivity contribution in [2.24, 2.45) is 0 Å². The second-order valence-corrected chi connectivity index (χ2v) is 11.4. The molecule has 0 saturated carbocycles. The third-order valence-corrected chi connectivity index (χ3v) is 9.16. The predicted molar refractivity (Wildman–Crippen MR) is 131 cm³/mol. The first-order valence-corrected chi connectivity index (χ1v) is 13.7. The maximum atomic E-state index is 13.4. The van der Waals surface area contributed by atoms with Crippen LogP contribution in [0.2, 0.25) is 0 Å². The van der Waals surface area contributed by atoms with E-state index in [1.165, 1.54) is 12.8 Å². The molecule has 8 heteroatoms. The summed E-state index contributed by atoms with van der Waals surface area (Å²) in [4.78, 5) is 15.8. The number of benzene rings is 1. The van der Waals surface area contributed by atoms with Crippen LogP contribution in [0, 0.1) is 6.92 Å². The minimum Gasteiger partial charge on any atom is -0.339 e. The number of rotatable bonds is 4. The van der Waals surface area contributed by atoms with Gasteiger partial charge in [0.2, 0.25) is 10.0 Å². The molecule has 7 nitrogen and oxygen atoms in total. The van der Waals surface area contributed by atoms with Crippen LogP contribution < -0.4 is 0 Å². The molecule has 0 spiro atoms. The molecule has 180 valence electrons. The monoisotopic (exact) mass is 480 g/mol. The van der Waals surface area contributed by atoms with E-state index in [4.69, 9.17) is 0 Å². The largest absolute Gasteiger partial charge is 0.339 e. The summed E-state index contributed by atoms with van der Waals surface area (Å²) in [5.74, 6) is 0.332. The standard InChI is InChI=1S/C26H32N4O3S/c1-20-25(26(31)28-14-7-2-3-8-15-28)24-19-22(13-18-30(24)27-20)21-11-16-29(17-12-21)34(32,33)23-9-5-4-6-10-23/h4-6,9-10,13,18-19,21H,2-3,7-8,11-12,14-17H2,1H3. The highest BCUT2D eigenvalue weighted by atomic mass is 32.2. The molecule has 0 N–H and O–H groups in total. The summed E-state index contributed by atoms with van der Waals surface area (Å²) in [5, 5.41) is 4.60. The first kappa shape index (κ1) is 23.1. The second kappa shape index (κ2) is 9.50. The molecule has 1 aromatic carbocycles. The van der Waals surface area contributed by atoms with Crippen LogP contribution in [-0.2, 0) is 10.0 Å². The summed E-state index contributed by atoms with van der Waals surface area (Å²) in [6, 6.07) is 12.8. The number of hydrogen-bond acceptors (Lipinski definition) is 4. The van der Waals surface area contributed by atoms with Gasteiger partial charge >= 0.3 is 0 Å². The zero-order valence-corrected chi connectivity index (χ0v) is 20.5. The van der Waals surface area contributed by atoms with Gasteiger partial charge in [-0.15, -0.1) is 0 Å². The number of carbonyl (C=O) groups excluding carboxylic acids is 1. The summed E-state index contributed by atoms with van der Waals surface area (Å²) in [5.41, 5.74) is 3.46. The van der Waals surface area contributed by atoms with Crippen molar-refractivity contribution in [1.29, 1.82) is 0 Å². The molecule has 0 atom stereocenters. The lowest BCUT2D eigenvalue weighted by molar-refractivity contribution is 0.0763. The van der Waals surface area contributed by atoms with Gasteiger partial charge in [-0.2, -0.15) is 9.40 Å². The lowest BCUT2D eigenvalue weighted by atomic mass is 9.90. The van der Waals surface area contributed by atoms with Crippen LogP contribution in [0.4, 0.5) is 0 Å². The first-order valence-electron chi connectivity index (χ1n) is 12.3. The zero-order valence-electron chi connectivity index (χ0n) is 19.7. The lowest BCUT2D eigenvalue weighted by Crippen LogP contribution is -2.37. The maximum absolute atomic E-state index is 13.4. The Labute approximate surface area is 201 Å². The molecule has 0 radical (unpaired) electrons. The molecule has 2 aromatic heterocycles. The summed E-state index contributed by atoms with van der Waals surface area (Å²) in [6.07, 6.45) is 7.92. The van der Waals surface area contributed by atoms with E-state index in [1.54, 1.807) is 33.1 Å². The lowest BCUT2D eigenvalue weighted by Gasteiger charge is -2.31. The molecule has 5 rings (SSSR count). The van der Waals surface area contributed by atoms with Gasteiger partial charge in [-0.05, 0) is 68.4 Å². The third kappa shape index (κ3) is 4.36. The van der Waals surface area contributed by atoms with E-state index in [-0.39, 0.29) is 11.8 Å². The molecule has 0 bridgehead atoms. The van der Waals surface area contributed by atoms with Gasteiger partial charge in [-0.3, -0.25) is 4.79 Å². The number of hydrogen-bond donors (Lipinski definition) is 0. The van der Waals surface area contributed by atoms with Gasteiger partial charge in [0.25, 0.3) is 5.91 Å². The van der Waals surface area contributed by atoms with E-state index in [1.807, 2.05) is 24.1 Å². The predicted octanol–water partition coefficient (Wildman–Crippen LogP) is 4.23. The van der Waals surface area contributed by atoms with Gasteiger partial charge in [0.15, 0.2) is 0 Å². The van der Waals surface area contributed by atoms with Crippen LogP contribution in [0.5, 0.6) is 0 Å². The van der Waals surface area contributed by atoms with Crippen LogP contribution in [0.25, 0.3) is 5.52 Å². The topological polar surface area (TPSA) is 75.0 Å². The van der Waals surface area contributed by atoms with Crippen LogP contribution in [0.3, 0.4) is 0 Å². The Hall–Kier alpha value is -2.71. The fraction of sp³-hybridized carbons (Fsp3) is 0.462. The van der Waals surface area contributed by atoms with Crippen molar-refractivity contribution in [2.45, 2.75) is 56.3 Å². The highest BCUT2D eigenvalue weighted by Gasteiger charge is 2.30. The number of amides is 1. The van der Waals surface area contributed by atoms with Crippen molar-refractivity contribution in [3.8, 4) is 0 Å². The van der Waals surface area contributed by atoms with Crippen molar-refractivity contribution in [3.05, 3.63) is 65.5 Å². The second-order valence-electron chi connectivity index (χ2n) is 9.45. The minimum absolute atomic E-state index is 0.0790. The molecular formula is C26H32N4O3S. The Bertz CT molecular complexity index is 1270. The average molecular weight is 481 g/mol. The van der Waals surface area contributed by atoms with Crippen molar-refractivity contribution >= 4 is 21.4 Å². The number of piperidine rings is 1. The quantitative estimate of drug-likeness (QED) is 0.560. The minimum atomic E-state index is -3.46. The number of likely N-dealkylation sites (tertiary alicyclic amines) is 1. The SMILES string of the molecule is Cc1nn2ccc(C3CCN(S(=O)(=O)c4ccccc4)CC3)cc2c1C(=O)N1CCCCCC1. The van der Waals surface area contributed by atoms with E-state index < -0.39 is 10.0 Å². The molecule has 2 aliphatic heterocycles. The Kier molecular flexibility index (Phi) is 6.44. The Morgan fingerprint density at radius 2 is 1.62 bits per heavy atom. The molecule has 0 aliphatic carbocycles. The van der Waals surface area contributed by atoms with Crippen LogP contribution in [-0.4, -0.2) is 59.3 Å². The van der Waals surface area contributed by atoms with Gasteiger partial charge in [0.1, 0.15) is 0 Å². The van der Waals surface area contributed by atoms with E-state index in [0.29, 0.717) is 23.5 Å². The molecule has 2 saturated heterocycles. The maximum Gasteiger partial charge on any atom is 0.257 e. The van der Waals surface area contributed by atoms with E-state index in [9.17, 15) is 13.2 Å². The molecule has 3 aromatic rings. The fourth-order valence-corrected chi connectivity index (χ4v) is 6.79. The van der Waals surface area contributed by atoms with Crippen molar-refractivity contribution in [1.82, 2.24) is 18.8 Å². The number of fused-ring (bicyclic) bond motifs is 1. The van der Waals surface area contributed by atoms with Gasteiger partial charge in [0.05, 0.1) is 21.7 Å². The number of aryl methyl sites for hydroxylation is 1. The van der Waals surface area contributed by atoms with Crippen LogP contribution >= 0.6 is 0 Å². The Balaban J connectivity index is 1.36. The molecule has 34 heavy (non-hydrogen) atoms. The molecule has 0 unspecified atom stereocenters. The summed E-state index contributed by atoms with van der Waals surface area (Å²) < 4.78 is 29.3. The van der Waals surface area contributed by atoms with Crippen molar-refractivity contribution in [3.63, 3.8) is 0 Å². The normalized spacial score (nSPS) is 18.8. The van der Waals surface area contributed by atoms with Gasteiger partial charge in [0, 0.05) is 32.4 Å². The summed E-state index contributed by atoms with van der Waals surface area (Å²) in [6.45, 7) is 4.51. The van der Waals surface area contributed by atoms with Crippen molar-refractivity contribution in [2.75, 3.05) is 26.2 Å². The third-order valence-electron chi connectivity index (χ3n) is 7.25. The Morgan fingerprint density at radius 1 is 0.941 bits per heavy atom. The summed E-state index contributed by atoms with van der Waals surface area (Å²) >= 11 is 0. The van der Waals surface area contributed by atoms with Gasteiger partial charge in [-0.1, -0.05) is 31.0 Å². The van der Waals surface area contributed by atoms with Gasteiger partial charge in [-0.25, -0.2) is 12.9 Å². The highest BCUT2D eigenvalue weighted by molar-refractivity contribution is 7.89. The molecular weight excluding hydrogens is 448 g/mol. The number of nitrogens with zero attached hydrogens (tertiary/aromatic N) is 4. The molecule has 4 heterocycles. The van der Waals surface area contributed by atoms with Crippen molar-refractivity contribution < 1.29 is 13.2 Å². The number of carbonyl (C=O) groups is 1. The average Bonchev–Trinajstić information content (AvgIpc) is 3.01. The van der Waals surface area contributed by atoms with E-state index >= 15 is 0 Å². The highest BCUT2D eigenvalue weighted by Crippen LogP contribution is 2.32. The molecule has 2 aliphatic rings. The summed E-state index contributed by atoms with van der Waals surface area (Å²) in [7, 11) is -3.46. The van der Waals surface area contributed by atoms with Crippen LogP contribution in [0.1, 0.15) is 66.1 Å².